The second kappa shape index (κ2) is 11.5. The van der Waals surface area contributed by atoms with Crippen LogP contribution in [0.4, 0.5) is 17.6 Å². The first-order chi connectivity index (χ1) is 15.3. The molecule has 0 aliphatic heterocycles. The van der Waals surface area contributed by atoms with Gasteiger partial charge < -0.3 is 4.74 Å². The SMILES string of the molecule is N#C/C(F)=C/C=C/[C@H]1CC[C@H](CC[C@H]2CC[C@H](c3ccc(OC(F)(F)F)cc3)CC2)CC1. The average Bonchev–Trinajstić information content (AvgIpc) is 2.78. The highest BCUT2D eigenvalue weighted by Gasteiger charge is 2.31. The van der Waals surface area contributed by atoms with Crippen molar-refractivity contribution in [2.45, 2.75) is 76.5 Å². The molecule has 0 amide bonds. The molecule has 0 saturated heterocycles. The molecule has 0 atom stereocenters. The molecular weight excluding hydrogens is 418 g/mol. The van der Waals surface area contributed by atoms with E-state index in [0.29, 0.717) is 11.8 Å². The maximum atomic E-state index is 12.8. The summed E-state index contributed by atoms with van der Waals surface area (Å²) >= 11 is 0. The molecule has 0 spiro atoms. The topological polar surface area (TPSA) is 33.0 Å². The van der Waals surface area contributed by atoms with Crippen LogP contribution in [-0.4, -0.2) is 6.36 Å². The number of ether oxygens (including phenoxy) is 1. The van der Waals surface area contributed by atoms with Crippen LogP contribution in [0, 0.1) is 29.1 Å². The van der Waals surface area contributed by atoms with Crippen LogP contribution in [0.3, 0.4) is 0 Å². The molecule has 0 unspecified atom stereocenters. The van der Waals surface area contributed by atoms with Gasteiger partial charge in [-0.3, -0.25) is 0 Å². The Labute approximate surface area is 188 Å². The minimum atomic E-state index is -4.65. The van der Waals surface area contributed by atoms with Gasteiger partial charge in [0, 0.05) is 0 Å². The van der Waals surface area contributed by atoms with Crippen LogP contribution in [-0.2, 0) is 0 Å². The predicted octanol–water partition coefficient (Wildman–Crippen LogP) is 8.38. The van der Waals surface area contributed by atoms with Crippen LogP contribution in [0.15, 0.2) is 48.3 Å². The molecule has 3 rings (SSSR count). The molecule has 32 heavy (non-hydrogen) atoms. The first-order valence-corrected chi connectivity index (χ1v) is 11.6. The molecule has 2 fully saturated rings. The van der Waals surface area contributed by atoms with Crippen molar-refractivity contribution in [3.63, 3.8) is 0 Å². The van der Waals surface area contributed by atoms with Crippen molar-refractivity contribution in [1.82, 2.24) is 0 Å². The number of hydrogen-bond donors (Lipinski definition) is 0. The number of allylic oxidation sites excluding steroid dienone is 4. The fraction of sp³-hybridized carbons (Fsp3) is 0.577. The highest BCUT2D eigenvalue weighted by molar-refractivity contribution is 5.30. The molecule has 0 bridgehead atoms. The zero-order valence-electron chi connectivity index (χ0n) is 18.3. The van der Waals surface area contributed by atoms with Crippen molar-refractivity contribution in [3.8, 4) is 11.8 Å². The number of hydrogen-bond acceptors (Lipinski definition) is 2. The Bertz CT molecular complexity index is 806. The normalized spacial score (nSPS) is 27.3. The molecule has 2 aliphatic carbocycles. The van der Waals surface area contributed by atoms with Gasteiger partial charge in [-0.1, -0.05) is 37.1 Å². The van der Waals surface area contributed by atoms with Gasteiger partial charge in [-0.25, -0.2) is 0 Å². The largest absolute Gasteiger partial charge is 0.573 e. The second-order valence-corrected chi connectivity index (χ2v) is 9.20. The minimum absolute atomic E-state index is 0.161. The van der Waals surface area contributed by atoms with Crippen molar-refractivity contribution in [2.24, 2.45) is 17.8 Å². The Morgan fingerprint density at radius 1 is 0.938 bits per heavy atom. The molecule has 0 aromatic heterocycles. The van der Waals surface area contributed by atoms with Crippen LogP contribution in [0.5, 0.6) is 5.75 Å². The molecular formula is C26H31F4NO. The lowest BCUT2D eigenvalue weighted by Gasteiger charge is -2.31. The van der Waals surface area contributed by atoms with E-state index in [0.717, 1.165) is 43.1 Å². The lowest BCUT2D eigenvalue weighted by atomic mass is 9.74. The summed E-state index contributed by atoms with van der Waals surface area (Å²) in [6.45, 7) is 0. The third-order valence-corrected chi connectivity index (χ3v) is 7.04. The van der Waals surface area contributed by atoms with E-state index in [-0.39, 0.29) is 5.75 Å². The van der Waals surface area contributed by atoms with E-state index in [1.54, 1.807) is 18.2 Å². The molecule has 2 saturated carbocycles. The Balaban J connectivity index is 1.34. The van der Waals surface area contributed by atoms with Gasteiger partial charge in [0.2, 0.25) is 0 Å². The first-order valence-electron chi connectivity index (χ1n) is 11.6. The maximum Gasteiger partial charge on any atom is 0.573 e. The summed E-state index contributed by atoms with van der Waals surface area (Å²) in [5.41, 5.74) is 1.11. The Hall–Kier alpha value is -2.29. The average molecular weight is 450 g/mol. The molecule has 0 heterocycles. The molecule has 2 nitrogen and oxygen atoms in total. The zero-order valence-corrected chi connectivity index (χ0v) is 18.3. The summed E-state index contributed by atoms with van der Waals surface area (Å²) in [7, 11) is 0. The summed E-state index contributed by atoms with van der Waals surface area (Å²) in [6, 6.07) is 7.84. The molecule has 2 aliphatic rings. The van der Waals surface area contributed by atoms with E-state index < -0.39 is 12.2 Å². The molecule has 1 aromatic carbocycles. The van der Waals surface area contributed by atoms with Gasteiger partial charge in [-0.15, -0.1) is 13.2 Å². The first kappa shape index (κ1) is 24.4. The third kappa shape index (κ3) is 8.00. The quantitative estimate of drug-likeness (QED) is 0.238. The fourth-order valence-corrected chi connectivity index (χ4v) is 5.20. The summed E-state index contributed by atoms with van der Waals surface area (Å²) in [4.78, 5) is 0. The van der Waals surface area contributed by atoms with E-state index in [1.165, 1.54) is 62.8 Å². The number of benzene rings is 1. The van der Waals surface area contributed by atoms with Gasteiger partial charge >= 0.3 is 6.36 Å². The number of halogens is 4. The van der Waals surface area contributed by atoms with Crippen LogP contribution < -0.4 is 4.74 Å². The van der Waals surface area contributed by atoms with Crippen molar-refractivity contribution < 1.29 is 22.3 Å². The van der Waals surface area contributed by atoms with Gasteiger partial charge in [-0.05, 0) is 98.8 Å². The summed E-state index contributed by atoms with van der Waals surface area (Å²) in [5.74, 6) is 1.51. The second-order valence-electron chi connectivity index (χ2n) is 9.20. The monoisotopic (exact) mass is 449 g/mol. The number of nitrogens with zero attached hydrogens (tertiary/aromatic N) is 1. The molecule has 6 heteroatoms. The summed E-state index contributed by atoms with van der Waals surface area (Å²) in [5, 5.41) is 8.42. The fourth-order valence-electron chi connectivity index (χ4n) is 5.20. The standard InChI is InChI=1S/C26H31F4NO/c27-24(18-31)3-1-2-19-4-6-20(7-5-19)8-9-21-10-12-22(13-11-21)23-14-16-25(17-15-23)32-26(28,29)30/h1-3,14-17,19-22H,4-13H2/b2-1+,24-3-/t19-,20-,21-,22-. The van der Waals surface area contributed by atoms with Crippen molar-refractivity contribution >= 4 is 0 Å². The third-order valence-electron chi connectivity index (χ3n) is 7.04. The minimum Gasteiger partial charge on any atom is -0.406 e. The van der Waals surface area contributed by atoms with Crippen LogP contribution >= 0.6 is 0 Å². The van der Waals surface area contributed by atoms with Gasteiger partial charge in [0.1, 0.15) is 11.8 Å². The Morgan fingerprint density at radius 2 is 1.50 bits per heavy atom. The van der Waals surface area contributed by atoms with Crippen LogP contribution in [0.1, 0.15) is 75.7 Å². The highest BCUT2D eigenvalue weighted by Crippen LogP contribution is 2.40. The molecule has 0 radical (unpaired) electrons. The Kier molecular flexibility index (Phi) is 8.78. The molecule has 174 valence electrons. The van der Waals surface area contributed by atoms with Crippen molar-refractivity contribution in [1.29, 1.82) is 5.26 Å². The van der Waals surface area contributed by atoms with E-state index in [2.05, 4.69) is 4.74 Å². The molecule has 0 N–H and O–H groups in total. The smallest absolute Gasteiger partial charge is 0.406 e. The lowest BCUT2D eigenvalue weighted by molar-refractivity contribution is -0.274. The number of rotatable bonds is 7. The predicted molar refractivity (Wildman–Crippen MR) is 116 cm³/mol. The van der Waals surface area contributed by atoms with E-state index >= 15 is 0 Å². The van der Waals surface area contributed by atoms with Crippen molar-refractivity contribution in [3.05, 3.63) is 53.9 Å². The zero-order chi connectivity index (χ0) is 23.0. The number of nitriles is 1. The van der Waals surface area contributed by atoms with E-state index in [1.807, 2.05) is 6.08 Å². The maximum absolute atomic E-state index is 12.8. The van der Waals surface area contributed by atoms with E-state index in [4.69, 9.17) is 5.26 Å². The summed E-state index contributed by atoms with van der Waals surface area (Å²) < 4.78 is 53.7. The van der Waals surface area contributed by atoms with Crippen LogP contribution in [0.25, 0.3) is 0 Å². The van der Waals surface area contributed by atoms with E-state index in [9.17, 15) is 17.6 Å². The van der Waals surface area contributed by atoms with Crippen molar-refractivity contribution in [2.75, 3.05) is 0 Å². The van der Waals surface area contributed by atoms with Gasteiger partial charge in [-0.2, -0.15) is 9.65 Å². The highest BCUT2D eigenvalue weighted by atomic mass is 19.4. The number of alkyl halides is 3. The van der Waals surface area contributed by atoms with Gasteiger partial charge in [0.05, 0.1) is 0 Å². The lowest BCUT2D eigenvalue weighted by Crippen LogP contribution is -2.18. The summed E-state index contributed by atoms with van der Waals surface area (Å²) in [6.07, 6.45) is 12.0. The van der Waals surface area contributed by atoms with Gasteiger partial charge in [0.15, 0.2) is 5.83 Å². The molecule has 1 aromatic rings. The van der Waals surface area contributed by atoms with Crippen LogP contribution in [0.2, 0.25) is 0 Å². The Morgan fingerprint density at radius 3 is 2.03 bits per heavy atom. The van der Waals surface area contributed by atoms with Gasteiger partial charge in [0.25, 0.3) is 0 Å².